The second kappa shape index (κ2) is 6.79. The van der Waals surface area contributed by atoms with Crippen molar-refractivity contribution < 1.29 is 14.0 Å². The molecule has 0 aliphatic heterocycles. The topological polar surface area (TPSA) is 62.6 Å². The van der Waals surface area contributed by atoms with Crippen LogP contribution in [0.2, 0.25) is 0 Å². The predicted octanol–water partition coefficient (Wildman–Crippen LogP) is 3.77. The Kier molecular flexibility index (Phi) is 5.03. The van der Waals surface area contributed by atoms with Gasteiger partial charge in [-0.15, -0.1) is 0 Å². The Morgan fingerprint density at radius 3 is 2.55 bits per heavy atom. The average Bonchev–Trinajstić information content (AvgIpc) is 2.92. The standard InChI is InChI=1S/C16H17BrN2O3/c1-10(2)19(3)16(21)11-5-4-6-12(9-11)18-15(20)13-7-8-14(17)22-13/h4-10H,1-3H3,(H,18,20). The summed E-state index contributed by atoms with van der Waals surface area (Å²) in [5.74, 6) is -0.262. The lowest BCUT2D eigenvalue weighted by atomic mass is 10.1. The molecule has 0 saturated heterocycles. The summed E-state index contributed by atoms with van der Waals surface area (Å²) in [5.41, 5.74) is 1.06. The monoisotopic (exact) mass is 364 g/mol. The lowest BCUT2D eigenvalue weighted by Gasteiger charge is -2.21. The van der Waals surface area contributed by atoms with Crippen LogP contribution in [0, 0.1) is 0 Å². The first-order chi connectivity index (χ1) is 10.4. The molecule has 2 aromatic rings. The molecule has 1 N–H and O–H groups in total. The zero-order chi connectivity index (χ0) is 16.3. The second-order valence-electron chi connectivity index (χ2n) is 5.15. The molecule has 0 fully saturated rings. The number of hydrogen-bond donors (Lipinski definition) is 1. The summed E-state index contributed by atoms with van der Waals surface area (Å²) in [6, 6.07) is 10.1. The van der Waals surface area contributed by atoms with Crippen LogP contribution in [0.3, 0.4) is 0 Å². The van der Waals surface area contributed by atoms with E-state index in [-0.39, 0.29) is 23.6 Å². The zero-order valence-corrected chi connectivity index (χ0v) is 14.2. The molecule has 1 aromatic heterocycles. The largest absolute Gasteiger partial charge is 0.444 e. The fraction of sp³-hybridized carbons (Fsp3) is 0.250. The quantitative estimate of drug-likeness (QED) is 0.897. The molecule has 0 radical (unpaired) electrons. The van der Waals surface area contributed by atoms with Gasteiger partial charge in [0.15, 0.2) is 10.4 Å². The third-order valence-electron chi connectivity index (χ3n) is 3.26. The van der Waals surface area contributed by atoms with E-state index in [1.807, 2.05) is 13.8 Å². The van der Waals surface area contributed by atoms with Crippen LogP contribution in [0.5, 0.6) is 0 Å². The highest BCUT2D eigenvalue weighted by atomic mass is 79.9. The molecule has 0 aliphatic rings. The van der Waals surface area contributed by atoms with Gasteiger partial charge in [0.25, 0.3) is 11.8 Å². The summed E-state index contributed by atoms with van der Waals surface area (Å²) < 4.78 is 5.68. The van der Waals surface area contributed by atoms with E-state index < -0.39 is 0 Å². The molecule has 0 atom stereocenters. The van der Waals surface area contributed by atoms with E-state index in [2.05, 4.69) is 21.2 Å². The number of rotatable bonds is 4. The molecule has 5 nitrogen and oxygen atoms in total. The van der Waals surface area contributed by atoms with Crippen LogP contribution in [-0.2, 0) is 0 Å². The number of benzene rings is 1. The summed E-state index contributed by atoms with van der Waals surface area (Å²) in [5, 5.41) is 2.71. The van der Waals surface area contributed by atoms with Crippen molar-refractivity contribution in [1.29, 1.82) is 0 Å². The van der Waals surface area contributed by atoms with Gasteiger partial charge in [-0.25, -0.2) is 0 Å². The molecule has 6 heteroatoms. The van der Waals surface area contributed by atoms with E-state index in [0.29, 0.717) is 15.9 Å². The maximum Gasteiger partial charge on any atom is 0.291 e. The zero-order valence-electron chi connectivity index (χ0n) is 12.6. The number of hydrogen-bond acceptors (Lipinski definition) is 3. The van der Waals surface area contributed by atoms with Gasteiger partial charge in [0.2, 0.25) is 0 Å². The fourth-order valence-electron chi connectivity index (χ4n) is 1.80. The molecular weight excluding hydrogens is 348 g/mol. The summed E-state index contributed by atoms with van der Waals surface area (Å²) in [6.07, 6.45) is 0. The van der Waals surface area contributed by atoms with Crippen LogP contribution in [0.4, 0.5) is 5.69 Å². The van der Waals surface area contributed by atoms with Crippen LogP contribution < -0.4 is 5.32 Å². The number of carbonyl (C=O) groups excluding carboxylic acids is 2. The normalized spacial score (nSPS) is 10.6. The SMILES string of the molecule is CC(C)N(C)C(=O)c1cccc(NC(=O)c2ccc(Br)o2)c1. The average molecular weight is 365 g/mol. The molecule has 1 heterocycles. The molecule has 22 heavy (non-hydrogen) atoms. The van der Waals surface area contributed by atoms with E-state index in [4.69, 9.17) is 4.42 Å². The minimum atomic E-state index is -0.368. The molecule has 0 unspecified atom stereocenters. The summed E-state index contributed by atoms with van der Waals surface area (Å²) in [4.78, 5) is 26.0. The maximum absolute atomic E-state index is 12.3. The van der Waals surface area contributed by atoms with E-state index >= 15 is 0 Å². The minimum absolute atomic E-state index is 0.0909. The van der Waals surface area contributed by atoms with E-state index in [0.717, 1.165) is 0 Å². The second-order valence-corrected chi connectivity index (χ2v) is 5.93. The summed E-state index contributed by atoms with van der Waals surface area (Å²) in [6.45, 7) is 3.89. The Morgan fingerprint density at radius 2 is 1.95 bits per heavy atom. The van der Waals surface area contributed by atoms with E-state index in [1.165, 1.54) is 0 Å². The Morgan fingerprint density at radius 1 is 1.23 bits per heavy atom. The predicted molar refractivity (Wildman–Crippen MR) is 88.0 cm³/mol. The smallest absolute Gasteiger partial charge is 0.291 e. The Hall–Kier alpha value is -2.08. The molecule has 0 spiro atoms. The highest BCUT2D eigenvalue weighted by Gasteiger charge is 2.16. The van der Waals surface area contributed by atoms with E-state index in [9.17, 15) is 9.59 Å². The number of amides is 2. The minimum Gasteiger partial charge on any atom is -0.444 e. The Balaban J connectivity index is 2.15. The van der Waals surface area contributed by atoms with Gasteiger partial charge in [-0.2, -0.15) is 0 Å². The maximum atomic E-state index is 12.3. The van der Waals surface area contributed by atoms with Gasteiger partial charge < -0.3 is 14.6 Å². The molecular formula is C16H17BrN2O3. The highest BCUT2D eigenvalue weighted by molar-refractivity contribution is 9.10. The molecule has 0 aliphatic carbocycles. The van der Waals surface area contributed by atoms with Gasteiger partial charge in [0, 0.05) is 24.3 Å². The van der Waals surface area contributed by atoms with Gasteiger partial charge in [0.05, 0.1) is 0 Å². The highest BCUT2D eigenvalue weighted by Crippen LogP contribution is 2.17. The van der Waals surface area contributed by atoms with Crippen molar-refractivity contribution >= 4 is 33.4 Å². The van der Waals surface area contributed by atoms with Crippen molar-refractivity contribution in [3.8, 4) is 0 Å². The molecule has 0 bridgehead atoms. The van der Waals surface area contributed by atoms with Gasteiger partial charge >= 0.3 is 0 Å². The van der Waals surface area contributed by atoms with Crippen molar-refractivity contribution in [2.45, 2.75) is 19.9 Å². The third kappa shape index (κ3) is 3.76. The van der Waals surface area contributed by atoms with Crippen LogP contribution in [-0.4, -0.2) is 29.8 Å². The number of nitrogens with zero attached hydrogens (tertiary/aromatic N) is 1. The van der Waals surface area contributed by atoms with Crippen molar-refractivity contribution in [3.63, 3.8) is 0 Å². The number of carbonyl (C=O) groups is 2. The van der Waals surface area contributed by atoms with Crippen molar-refractivity contribution in [3.05, 3.63) is 52.4 Å². The Bertz CT molecular complexity index is 694. The molecule has 2 amide bonds. The van der Waals surface area contributed by atoms with Crippen molar-refractivity contribution in [2.75, 3.05) is 12.4 Å². The number of furan rings is 1. The fourth-order valence-corrected chi connectivity index (χ4v) is 2.10. The molecule has 2 rings (SSSR count). The van der Waals surface area contributed by atoms with Crippen LogP contribution in [0.25, 0.3) is 0 Å². The first kappa shape index (κ1) is 16.3. The summed E-state index contributed by atoms with van der Waals surface area (Å²) in [7, 11) is 1.75. The van der Waals surface area contributed by atoms with Crippen LogP contribution >= 0.6 is 15.9 Å². The van der Waals surface area contributed by atoms with Gasteiger partial charge in [-0.05, 0) is 60.1 Å². The number of halogens is 1. The van der Waals surface area contributed by atoms with Crippen molar-refractivity contribution in [1.82, 2.24) is 4.90 Å². The van der Waals surface area contributed by atoms with E-state index in [1.54, 1.807) is 48.3 Å². The van der Waals surface area contributed by atoms with Gasteiger partial charge in [0.1, 0.15) is 0 Å². The van der Waals surface area contributed by atoms with Crippen LogP contribution in [0.1, 0.15) is 34.8 Å². The lowest BCUT2D eigenvalue weighted by Crippen LogP contribution is -2.33. The number of nitrogens with one attached hydrogen (secondary N) is 1. The van der Waals surface area contributed by atoms with Crippen molar-refractivity contribution in [2.24, 2.45) is 0 Å². The van der Waals surface area contributed by atoms with Crippen LogP contribution in [0.15, 0.2) is 45.5 Å². The number of anilines is 1. The summed E-state index contributed by atoms with van der Waals surface area (Å²) >= 11 is 3.15. The van der Waals surface area contributed by atoms with Gasteiger partial charge in [-0.3, -0.25) is 9.59 Å². The molecule has 116 valence electrons. The third-order valence-corrected chi connectivity index (χ3v) is 3.69. The first-order valence-electron chi connectivity index (χ1n) is 6.82. The first-order valence-corrected chi connectivity index (χ1v) is 7.61. The molecule has 0 saturated carbocycles. The molecule has 1 aromatic carbocycles. The Labute approximate surface area is 137 Å². The van der Waals surface area contributed by atoms with Gasteiger partial charge in [-0.1, -0.05) is 6.07 Å². The lowest BCUT2D eigenvalue weighted by molar-refractivity contribution is 0.0754.